The first-order valence-corrected chi connectivity index (χ1v) is 7.75. The van der Waals surface area contributed by atoms with Gasteiger partial charge in [-0.05, 0) is 37.8 Å². The number of carbonyl (C=O) groups excluding carboxylic acids is 2. The van der Waals surface area contributed by atoms with Gasteiger partial charge in [-0.1, -0.05) is 31.9 Å². The number of benzene rings is 1. The summed E-state index contributed by atoms with van der Waals surface area (Å²) >= 11 is 0. The van der Waals surface area contributed by atoms with Crippen molar-refractivity contribution in [2.75, 3.05) is 0 Å². The Balaban J connectivity index is 1.91. The van der Waals surface area contributed by atoms with Gasteiger partial charge >= 0.3 is 5.97 Å². The number of nitrogens with one attached hydrogen (secondary N) is 1. The van der Waals surface area contributed by atoms with Crippen LogP contribution in [0.15, 0.2) is 24.3 Å². The van der Waals surface area contributed by atoms with E-state index in [0.717, 1.165) is 19.3 Å². The average Bonchev–Trinajstić information content (AvgIpc) is 2.49. The lowest BCUT2D eigenvalue weighted by Crippen LogP contribution is -2.46. The van der Waals surface area contributed by atoms with E-state index in [0.29, 0.717) is 5.92 Å². The van der Waals surface area contributed by atoms with Crippen molar-refractivity contribution in [3.63, 3.8) is 0 Å². The summed E-state index contributed by atoms with van der Waals surface area (Å²) in [5.74, 6) is -1.38. The van der Waals surface area contributed by atoms with E-state index in [1.54, 1.807) is 6.07 Å². The Bertz CT molecular complexity index is 546. The predicted molar refractivity (Wildman–Crippen MR) is 80.8 cm³/mol. The molecule has 0 unspecified atom stereocenters. The van der Waals surface area contributed by atoms with Crippen LogP contribution in [0.3, 0.4) is 0 Å². The Morgan fingerprint density at radius 2 is 1.95 bits per heavy atom. The summed E-state index contributed by atoms with van der Waals surface area (Å²) in [6.45, 7) is 3.61. The van der Waals surface area contributed by atoms with Crippen molar-refractivity contribution in [2.45, 2.75) is 51.7 Å². The summed E-state index contributed by atoms with van der Waals surface area (Å²) in [5.41, 5.74) is -0.159. The molecule has 1 saturated carbocycles. The van der Waals surface area contributed by atoms with Crippen molar-refractivity contribution in [3.8, 4) is 0 Å². The van der Waals surface area contributed by atoms with E-state index < -0.39 is 17.9 Å². The van der Waals surface area contributed by atoms with E-state index in [1.807, 2.05) is 0 Å². The van der Waals surface area contributed by atoms with Gasteiger partial charge in [-0.15, -0.1) is 0 Å². The molecule has 1 aliphatic rings. The van der Waals surface area contributed by atoms with Gasteiger partial charge in [-0.25, -0.2) is 9.18 Å². The molecule has 0 aliphatic heterocycles. The molecule has 0 bridgehead atoms. The summed E-state index contributed by atoms with van der Waals surface area (Å²) in [5, 5.41) is 2.93. The molecule has 1 aromatic rings. The minimum atomic E-state index is -0.943. The first kappa shape index (κ1) is 16.5. The quantitative estimate of drug-likeness (QED) is 0.870. The first-order chi connectivity index (χ1) is 10.5. The van der Waals surface area contributed by atoms with E-state index >= 15 is 0 Å². The van der Waals surface area contributed by atoms with Gasteiger partial charge in [0.05, 0.1) is 5.56 Å². The fraction of sp³-hybridized carbons (Fsp3) is 0.529. The molecule has 0 saturated heterocycles. The predicted octanol–water partition coefficient (Wildman–Crippen LogP) is 3.07. The second-order valence-electron chi connectivity index (χ2n) is 5.90. The third-order valence-corrected chi connectivity index (χ3v) is 4.19. The topological polar surface area (TPSA) is 55.4 Å². The number of esters is 1. The van der Waals surface area contributed by atoms with Gasteiger partial charge in [0.15, 0.2) is 6.10 Å². The van der Waals surface area contributed by atoms with Crippen molar-refractivity contribution in [3.05, 3.63) is 35.6 Å². The molecular formula is C17H22FNO3. The third kappa shape index (κ3) is 4.06. The van der Waals surface area contributed by atoms with Crippen LogP contribution in [-0.2, 0) is 9.53 Å². The van der Waals surface area contributed by atoms with Crippen LogP contribution < -0.4 is 5.32 Å². The number of halogens is 1. The molecule has 0 aromatic heterocycles. The zero-order valence-corrected chi connectivity index (χ0v) is 13.0. The highest BCUT2D eigenvalue weighted by Crippen LogP contribution is 2.23. The molecule has 3 atom stereocenters. The smallest absolute Gasteiger partial charge is 0.341 e. The lowest BCUT2D eigenvalue weighted by atomic mass is 9.86. The van der Waals surface area contributed by atoms with Crippen molar-refractivity contribution < 1.29 is 18.7 Å². The highest BCUT2D eigenvalue weighted by molar-refractivity contribution is 5.92. The van der Waals surface area contributed by atoms with Gasteiger partial charge in [0.2, 0.25) is 0 Å². The molecule has 1 N–H and O–H groups in total. The highest BCUT2D eigenvalue weighted by Gasteiger charge is 2.27. The fourth-order valence-electron chi connectivity index (χ4n) is 2.74. The van der Waals surface area contributed by atoms with E-state index in [9.17, 15) is 14.0 Å². The standard InChI is InChI=1S/C17H22FNO3/c1-11-7-3-6-10-15(11)19-16(20)12(2)22-17(21)13-8-4-5-9-14(13)18/h4-5,8-9,11-12,15H,3,6-7,10H2,1-2H3,(H,19,20)/t11-,12-,15+/m1/s1. The molecule has 5 heteroatoms. The molecule has 1 aromatic carbocycles. The maximum atomic E-state index is 13.5. The van der Waals surface area contributed by atoms with Crippen molar-refractivity contribution in [2.24, 2.45) is 5.92 Å². The maximum Gasteiger partial charge on any atom is 0.341 e. The van der Waals surface area contributed by atoms with E-state index in [1.165, 1.54) is 31.5 Å². The second-order valence-corrected chi connectivity index (χ2v) is 5.90. The molecule has 22 heavy (non-hydrogen) atoms. The molecule has 0 radical (unpaired) electrons. The Morgan fingerprint density at radius 3 is 2.64 bits per heavy atom. The van der Waals surface area contributed by atoms with Gasteiger partial charge in [0.1, 0.15) is 5.82 Å². The summed E-state index contributed by atoms with van der Waals surface area (Å²) in [6.07, 6.45) is 3.38. The van der Waals surface area contributed by atoms with Crippen LogP contribution >= 0.6 is 0 Å². The average molecular weight is 307 g/mol. The van der Waals surface area contributed by atoms with Crippen LogP contribution in [0.5, 0.6) is 0 Å². The van der Waals surface area contributed by atoms with E-state index in [-0.39, 0.29) is 17.5 Å². The van der Waals surface area contributed by atoms with Gasteiger partial charge in [0.25, 0.3) is 5.91 Å². The van der Waals surface area contributed by atoms with Crippen molar-refractivity contribution in [1.82, 2.24) is 5.32 Å². The zero-order chi connectivity index (χ0) is 16.1. The fourth-order valence-corrected chi connectivity index (χ4v) is 2.74. The highest BCUT2D eigenvalue weighted by atomic mass is 19.1. The molecule has 0 spiro atoms. The van der Waals surface area contributed by atoms with Crippen LogP contribution in [0.25, 0.3) is 0 Å². The summed E-state index contributed by atoms with van der Waals surface area (Å²) < 4.78 is 18.6. The van der Waals surface area contributed by atoms with Gasteiger partial charge in [-0.3, -0.25) is 4.79 Å². The van der Waals surface area contributed by atoms with Crippen LogP contribution in [0.4, 0.5) is 4.39 Å². The Morgan fingerprint density at radius 1 is 1.27 bits per heavy atom. The first-order valence-electron chi connectivity index (χ1n) is 7.75. The van der Waals surface area contributed by atoms with E-state index in [2.05, 4.69) is 12.2 Å². The molecule has 120 valence electrons. The number of rotatable bonds is 4. The van der Waals surface area contributed by atoms with Gasteiger partial charge in [-0.2, -0.15) is 0 Å². The minimum absolute atomic E-state index is 0.121. The lowest BCUT2D eigenvalue weighted by Gasteiger charge is -2.30. The molecule has 1 amide bonds. The zero-order valence-electron chi connectivity index (χ0n) is 13.0. The number of amides is 1. The van der Waals surface area contributed by atoms with Gasteiger partial charge < -0.3 is 10.1 Å². The summed E-state index contributed by atoms with van der Waals surface area (Å²) in [4.78, 5) is 24.0. The lowest BCUT2D eigenvalue weighted by molar-refractivity contribution is -0.130. The molecule has 1 fully saturated rings. The van der Waals surface area contributed by atoms with Gasteiger partial charge in [0, 0.05) is 6.04 Å². The molecule has 0 heterocycles. The molecule has 4 nitrogen and oxygen atoms in total. The second kappa shape index (κ2) is 7.38. The maximum absolute atomic E-state index is 13.5. The number of carbonyl (C=O) groups is 2. The Labute approximate surface area is 130 Å². The van der Waals surface area contributed by atoms with Crippen LogP contribution in [-0.4, -0.2) is 24.0 Å². The third-order valence-electron chi connectivity index (χ3n) is 4.19. The van der Waals surface area contributed by atoms with E-state index in [4.69, 9.17) is 4.74 Å². The molecule has 2 rings (SSSR count). The number of ether oxygens (including phenoxy) is 1. The molecule has 1 aliphatic carbocycles. The van der Waals surface area contributed by atoms with Crippen molar-refractivity contribution >= 4 is 11.9 Å². The van der Waals surface area contributed by atoms with Crippen LogP contribution in [0.1, 0.15) is 49.9 Å². The number of hydrogen-bond donors (Lipinski definition) is 1. The monoisotopic (exact) mass is 307 g/mol. The van der Waals surface area contributed by atoms with Crippen LogP contribution in [0.2, 0.25) is 0 Å². The van der Waals surface area contributed by atoms with Crippen molar-refractivity contribution in [1.29, 1.82) is 0 Å². The Hall–Kier alpha value is -1.91. The summed E-state index contributed by atoms with van der Waals surface area (Å²) in [7, 11) is 0. The largest absolute Gasteiger partial charge is 0.449 e. The van der Waals surface area contributed by atoms with Crippen LogP contribution in [0, 0.1) is 11.7 Å². The summed E-state index contributed by atoms with van der Waals surface area (Å²) in [6, 6.07) is 5.69. The minimum Gasteiger partial charge on any atom is -0.449 e. The normalized spacial score (nSPS) is 22.7. The molecular weight excluding hydrogens is 285 g/mol. The Kier molecular flexibility index (Phi) is 5.52. The SMILES string of the molecule is C[C@@H]1CCCC[C@@H]1NC(=O)[C@@H](C)OC(=O)c1ccccc1F. The number of hydrogen-bond acceptors (Lipinski definition) is 3.